The molecule has 2 rings (SSSR count). The Morgan fingerprint density at radius 2 is 1.71 bits per heavy atom. The third-order valence-corrected chi connectivity index (χ3v) is 3.90. The van der Waals surface area contributed by atoms with Crippen LogP contribution in [0.3, 0.4) is 0 Å². The molecule has 2 atom stereocenters. The van der Waals surface area contributed by atoms with Crippen molar-refractivity contribution in [2.45, 2.75) is 26.0 Å². The molecule has 0 aliphatic rings. The van der Waals surface area contributed by atoms with E-state index < -0.39 is 35.9 Å². The van der Waals surface area contributed by atoms with Gasteiger partial charge in [-0.3, -0.25) is 4.79 Å². The lowest BCUT2D eigenvalue weighted by Crippen LogP contribution is -2.44. The van der Waals surface area contributed by atoms with Gasteiger partial charge in [0.1, 0.15) is 11.9 Å². The second-order valence-electron chi connectivity index (χ2n) is 5.88. The van der Waals surface area contributed by atoms with E-state index in [2.05, 4.69) is 16.0 Å². The number of carbonyl (C=O) groups is 3. The van der Waals surface area contributed by atoms with E-state index in [0.29, 0.717) is 5.69 Å². The van der Waals surface area contributed by atoms with Gasteiger partial charge >= 0.3 is 12.0 Å². The SMILES string of the molecule is C[C@H](NC(=O)Nc1ccccc1)C(=O)O[C@H](C)C(=O)Nc1ccc(F)cc1Cl. The van der Waals surface area contributed by atoms with Crippen molar-refractivity contribution in [3.05, 3.63) is 59.4 Å². The summed E-state index contributed by atoms with van der Waals surface area (Å²) in [5.74, 6) is -1.99. The van der Waals surface area contributed by atoms with E-state index >= 15 is 0 Å². The number of rotatable bonds is 6. The maximum absolute atomic E-state index is 13.0. The first-order chi connectivity index (χ1) is 13.3. The smallest absolute Gasteiger partial charge is 0.329 e. The number of halogens is 2. The van der Waals surface area contributed by atoms with Gasteiger partial charge in [-0.1, -0.05) is 29.8 Å². The summed E-state index contributed by atoms with van der Waals surface area (Å²) < 4.78 is 18.1. The fraction of sp³-hybridized carbons (Fsp3) is 0.211. The van der Waals surface area contributed by atoms with Crippen molar-refractivity contribution in [1.29, 1.82) is 0 Å². The molecule has 0 radical (unpaired) electrons. The Balaban J connectivity index is 1.84. The largest absolute Gasteiger partial charge is 0.451 e. The van der Waals surface area contributed by atoms with Crippen LogP contribution < -0.4 is 16.0 Å². The Labute approximate surface area is 166 Å². The van der Waals surface area contributed by atoms with Gasteiger partial charge < -0.3 is 20.7 Å². The number of benzene rings is 2. The minimum absolute atomic E-state index is 0.0134. The van der Waals surface area contributed by atoms with Gasteiger partial charge in [0.2, 0.25) is 0 Å². The van der Waals surface area contributed by atoms with Crippen LogP contribution in [0.2, 0.25) is 5.02 Å². The van der Waals surface area contributed by atoms with Crippen LogP contribution in [0.1, 0.15) is 13.8 Å². The molecule has 0 heterocycles. The van der Waals surface area contributed by atoms with E-state index in [1.165, 1.54) is 19.9 Å². The molecule has 9 heteroatoms. The summed E-state index contributed by atoms with van der Waals surface area (Å²) in [6.45, 7) is 2.79. The summed E-state index contributed by atoms with van der Waals surface area (Å²) in [4.78, 5) is 36.1. The summed E-state index contributed by atoms with van der Waals surface area (Å²) in [5, 5.41) is 7.44. The molecule has 2 aromatic rings. The summed E-state index contributed by atoms with van der Waals surface area (Å²) in [7, 11) is 0. The zero-order valence-electron chi connectivity index (χ0n) is 15.2. The molecule has 2 aromatic carbocycles. The van der Waals surface area contributed by atoms with Crippen LogP contribution in [0.4, 0.5) is 20.6 Å². The van der Waals surface area contributed by atoms with Crippen LogP contribution in [0.25, 0.3) is 0 Å². The van der Waals surface area contributed by atoms with Gasteiger partial charge in [-0.2, -0.15) is 0 Å². The Hall–Kier alpha value is -3.13. The molecular formula is C19H19ClFN3O4. The van der Waals surface area contributed by atoms with Crippen LogP contribution in [0.15, 0.2) is 48.5 Å². The first-order valence-corrected chi connectivity index (χ1v) is 8.73. The van der Waals surface area contributed by atoms with Crippen molar-refractivity contribution in [2.75, 3.05) is 10.6 Å². The zero-order valence-corrected chi connectivity index (χ0v) is 15.9. The monoisotopic (exact) mass is 407 g/mol. The molecule has 0 saturated heterocycles. The van der Waals surface area contributed by atoms with Crippen LogP contribution in [0, 0.1) is 5.82 Å². The lowest BCUT2D eigenvalue weighted by Gasteiger charge is -2.18. The van der Waals surface area contributed by atoms with Gasteiger partial charge in [-0.05, 0) is 44.2 Å². The maximum Gasteiger partial charge on any atom is 0.329 e. The average molecular weight is 408 g/mol. The van der Waals surface area contributed by atoms with E-state index in [1.807, 2.05) is 0 Å². The van der Waals surface area contributed by atoms with Gasteiger partial charge in [-0.25, -0.2) is 14.0 Å². The van der Waals surface area contributed by atoms with Crippen molar-refractivity contribution >= 4 is 40.9 Å². The van der Waals surface area contributed by atoms with Gasteiger partial charge in [0.05, 0.1) is 10.7 Å². The number of anilines is 2. The molecule has 0 aliphatic carbocycles. The minimum atomic E-state index is -1.16. The van der Waals surface area contributed by atoms with Crippen LogP contribution in [-0.2, 0) is 14.3 Å². The number of hydrogen-bond donors (Lipinski definition) is 3. The molecule has 0 spiro atoms. The topological polar surface area (TPSA) is 96.5 Å². The molecule has 3 N–H and O–H groups in total. The predicted octanol–water partition coefficient (Wildman–Crippen LogP) is 3.56. The maximum atomic E-state index is 13.0. The molecule has 0 unspecified atom stereocenters. The van der Waals surface area contributed by atoms with Gasteiger partial charge in [0, 0.05) is 5.69 Å². The van der Waals surface area contributed by atoms with Gasteiger partial charge in [0.25, 0.3) is 5.91 Å². The lowest BCUT2D eigenvalue weighted by molar-refractivity contribution is -0.154. The number of nitrogens with one attached hydrogen (secondary N) is 3. The number of amides is 3. The fourth-order valence-corrected chi connectivity index (χ4v) is 2.31. The first-order valence-electron chi connectivity index (χ1n) is 8.35. The highest BCUT2D eigenvalue weighted by Gasteiger charge is 2.23. The molecular weight excluding hydrogens is 389 g/mol. The second-order valence-corrected chi connectivity index (χ2v) is 6.29. The normalized spacial score (nSPS) is 12.4. The first kappa shape index (κ1) is 21.2. The van der Waals surface area contributed by atoms with E-state index in [-0.39, 0.29) is 10.7 Å². The highest BCUT2D eigenvalue weighted by molar-refractivity contribution is 6.33. The standard InChI is InChI=1S/C19H19ClFN3O4/c1-11(22-19(27)23-14-6-4-3-5-7-14)18(26)28-12(2)17(25)24-16-9-8-13(21)10-15(16)20/h3-12H,1-2H3,(H,24,25)(H2,22,23,27)/t11-,12+/m0/s1. The number of hydrogen-bond acceptors (Lipinski definition) is 4. The highest BCUT2D eigenvalue weighted by Crippen LogP contribution is 2.22. The number of esters is 1. The van der Waals surface area contributed by atoms with E-state index in [9.17, 15) is 18.8 Å². The quantitative estimate of drug-likeness (QED) is 0.638. The van der Waals surface area contributed by atoms with Crippen LogP contribution in [-0.4, -0.2) is 30.1 Å². The number of carbonyl (C=O) groups excluding carboxylic acids is 3. The van der Waals surface area contributed by atoms with E-state index in [1.54, 1.807) is 30.3 Å². The van der Waals surface area contributed by atoms with Crippen molar-refractivity contribution in [2.24, 2.45) is 0 Å². The summed E-state index contributed by atoms with van der Waals surface area (Å²) in [6, 6.07) is 10.6. The minimum Gasteiger partial charge on any atom is -0.451 e. The van der Waals surface area contributed by atoms with Crippen molar-refractivity contribution in [1.82, 2.24) is 5.32 Å². The number of ether oxygens (including phenoxy) is 1. The molecule has 0 saturated carbocycles. The fourth-order valence-electron chi connectivity index (χ4n) is 2.10. The van der Waals surface area contributed by atoms with Crippen LogP contribution in [0.5, 0.6) is 0 Å². The third-order valence-electron chi connectivity index (χ3n) is 3.58. The lowest BCUT2D eigenvalue weighted by atomic mass is 10.3. The molecule has 28 heavy (non-hydrogen) atoms. The molecule has 0 aromatic heterocycles. The molecule has 0 aliphatic heterocycles. The number of urea groups is 1. The van der Waals surface area contributed by atoms with E-state index in [0.717, 1.165) is 12.1 Å². The Morgan fingerprint density at radius 1 is 1.04 bits per heavy atom. The summed E-state index contributed by atoms with van der Waals surface area (Å²) in [6.07, 6.45) is -1.16. The van der Waals surface area contributed by atoms with E-state index in [4.69, 9.17) is 16.3 Å². The van der Waals surface area contributed by atoms with Gasteiger partial charge in [0.15, 0.2) is 6.10 Å². The van der Waals surface area contributed by atoms with Crippen molar-refractivity contribution < 1.29 is 23.5 Å². The second kappa shape index (κ2) is 9.70. The van der Waals surface area contributed by atoms with Gasteiger partial charge in [-0.15, -0.1) is 0 Å². The Bertz CT molecular complexity index is 864. The molecule has 148 valence electrons. The molecule has 0 fully saturated rings. The molecule has 3 amide bonds. The summed E-state index contributed by atoms with van der Waals surface area (Å²) in [5.41, 5.74) is 0.744. The van der Waals surface area contributed by atoms with Crippen molar-refractivity contribution in [3.63, 3.8) is 0 Å². The Kier molecular flexibility index (Phi) is 7.34. The predicted molar refractivity (Wildman–Crippen MR) is 104 cm³/mol. The van der Waals surface area contributed by atoms with Crippen LogP contribution >= 0.6 is 11.6 Å². The zero-order chi connectivity index (χ0) is 20.7. The number of para-hydroxylation sites is 1. The Morgan fingerprint density at radius 3 is 2.36 bits per heavy atom. The summed E-state index contributed by atoms with van der Waals surface area (Å²) >= 11 is 5.84. The third kappa shape index (κ3) is 6.24. The highest BCUT2D eigenvalue weighted by atomic mass is 35.5. The molecule has 0 bridgehead atoms. The molecule has 7 nitrogen and oxygen atoms in total. The average Bonchev–Trinajstić information content (AvgIpc) is 2.64. The van der Waals surface area contributed by atoms with Crippen molar-refractivity contribution in [3.8, 4) is 0 Å².